The molecule has 0 saturated carbocycles. The number of anilines is 2. The van der Waals surface area contributed by atoms with Crippen molar-refractivity contribution in [2.45, 2.75) is 13.0 Å². The summed E-state index contributed by atoms with van der Waals surface area (Å²) in [7, 11) is -3.91. The summed E-state index contributed by atoms with van der Waals surface area (Å²) in [5.41, 5.74) is 0.0375. The van der Waals surface area contributed by atoms with Crippen LogP contribution in [0.15, 0.2) is 42.5 Å². The number of nitrogens with zero attached hydrogens (tertiary/aromatic N) is 2. The van der Waals surface area contributed by atoms with E-state index in [1.54, 1.807) is 0 Å². The molecule has 8 nitrogen and oxygen atoms in total. The van der Waals surface area contributed by atoms with E-state index < -0.39 is 26.9 Å². The van der Waals surface area contributed by atoms with Crippen LogP contribution in [0.5, 0.6) is 0 Å². The molecule has 2 aromatic carbocycles. The summed E-state index contributed by atoms with van der Waals surface area (Å²) in [4.78, 5) is 22.9. The van der Waals surface area contributed by atoms with Gasteiger partial charge >= 0.3 is 0 Å². The summed E-state index contributed by atoms with van der Waals surface area (Å²) in [5, 5.41) is 14.0. The highest BCUT2D eigenvalue weighted by Gasteiger charge is 2.30. The Morgan fingerprint density at radius 2 is 1.85 bits per heavy atom. The lowest BCUT2D eigenvalue weighted by Gasteiger charge is -2.28. The fourth-order valence-electron chi connectivity index (χ4n) is 2.37. The van der Waals surface area contributed by atoms with Gasteiger partial charge in [0.05, 0.1) is 26.9 Å². The van der Waals surface area contributed by atoms with E-state index in [1.807, 2.05) is 0 Å². The zero-order chi connectivity index (χ0) is 20.4. The fourth-order valence-corrected chi connectivity index (χ4v) is 3.84. The average molecular weight is 432 g/mol. The quantitative estimate of drug-likeness (QED) is 0.553. The number of hydrogen-bond acceptors (Lipinski definition) is 5. The summed E-state index contributed by atoms with van der Waals surface area (Å²) in [6.07, 6.45) is 0.911. The van der Waals surface area contributed by atoms with Crippen molar-refractivity contribution in [3.8, 4) is 0 Å². The minimum Gasteiger partial charge on any atom is -0.324 e. The number of nitrogens with one attached hydrogen (secondary N) is 1. The number of carbonyl (C=O) groups is 1. The molecule has 0 bridgehead atoms. The summed E-state index contributed by atoms with van der Waals surface area (Å²) in [5.74, 6) is -0.648. The first-order valence-corrected chi connectivity index (χ1v) is 10.1. The first-order chi connectivity index (χ1) is 12.5. The number of benzene rings is 2. The molecule has 0 fully saturated rings. The van der Waals surface area contributed by atoms with Crippen LogP contribution >= 0.6 is 23.2 Å². The molecular formula is C16H15Cl2N3O5S. The molecule has 2 aromatic rings. The highest BCUT2D eigenvalue weighted by atomic mass is 35.5. The molecule has 1 atom stereocenters. The van der Waals surface area contributed by atoms with E-state index in [4.69, 9.17) is 23.2 Å². The van der Waals surface area contributed by atoms with Crippen molar-refractivity contribution in [2.75, 3.05) is 15.9 Å². The number of non-ortho nitro benzene ring substituents is 1. The zero-order valence-electron chi connectivity index (χ0n) is 14.2. The van der Waals surface area contributed by atoms with Crippen molar-refractivity contribution in [1.29, 1.82) is 0 Å². The number of nitro groups is 1. The highest BCUT2D eigenvalue weighted by molar-refractivity contribution is 7.92. The van der Waals surface area contributed by atoms with Gasteiger partial charge in [0.2, 0.25) is 15.9 Å². The van der Waals surface area contributed by atoms with Crippen LogP contribution in [0.25, 0.3) is 0 Å². The lowest BCUT2D eigenvalue weighted by molar-refractivity contribution is -0.384. The van der Waals surface area contributed by atoms with Crippen LogP contribution in [0.3, 0.4) is 0 Å². The van der Waals surface area contributed by atoms with Crippen molar-refractivity contribution in [1.82, 2.24) is 0 Å². The normalized spacial score (nSPS) is 12.3. The Balaban J connectivity index is 2.36. The third kappa shape index (κ3) is 5.09. The van der Waals surface area contributed by atoms with Gasteiger partial charge in [0, 0.05) is 17.8 Å². The van der Waals surface area contributed by atoms with Crippen molar-refractivity contribution in [3.63, 3.8) is 0 Å². The second kappa shape index (κ2) is 8.12. The second-order valence-electron chi connectivity index (χ2n) is 5.63. The third-order valence-electron chi connectivity index (χ3n) is 3.57. The largest absolute Gasteiger partial charge is 0.324 e. The van der Waals surface area contributed by atoms with Crippen molar-refractivity contribution in [3.05, 3.63) is 62.6 Å². The van der Waals surface area contributed by atoms with Gasteiger partial charge < -0.3 is 5.32 Å². The van der Waals surface area contributed by atoms with Crippen LogP contribution < -0.4 is 9.62 Å². The zero-order valence-corrected chi connectivity index (χ0v) is 16.5. The van der Waals surface area contributed by atoms with Gasteiger partial charge in [0.25, 0.3) is 5.69 Å². The number of sulfonamides is 1. The first-order valence-electron chi connectivity index (χ1n) is 7.50. The Morgan fingerprint density at radius 3 is 2.41 bits per heavy atom. The van der Waals surface area contributed by atoms with Gasteiger partial charge in [-0.05, 0) is 31.2 Å². The monoisotopic (exact) mass is 431 g/mol. The second-order valence-corrected chi connectivity index (χ2v) is 8.30. The minimum atomic E-state index is -3.91. The van der Waals surface area contributed by atoms with Crippen LogP contribution in [0.4, 0.5) is 17.1 Å². The SMILES string of the molecule is C[C@@H](C(=O)Nc1ccc(Cl)c(Cl)c1)N(c1cccc([N+](=O)[O-])c1)S(C)(=O)=O. The molecule has 0 unspecified atom stereocenters. The van der Waals surface area contributed by atoms with Gasteiger partial charge in [-0.15, -0.1) is 0 Å². The maximum Gasteiger partial charge on any atom is 0.271 e. The molecule has 0 radical (unpaired) electrons. The third-order valence-corrected chi connectivity index (χ3v) is 5.55. The number of hydrogen-bond donors (Lipinski definition) is 1. The molecular weight excluding hydrogens is 417 g/mol. The van der Waals surface area contributed by atoms with E-state index in [-0.39, 0.29) is 16.4 Å². The van der Waals surface area contributed by atoms with Gasteiger partial charge in [0.1, 0.15) is 6.04 Å². The van der Waals surface area contributed by atoms with Gasteiger partial charge in [-0.1, -0.05) is 29.3 Å². The van der Waals surface area contributed by atoms with Crippen molar-refractivity contribution in [2.24, 2.45) is 0 Å². The molecule has 0 aromatic heterocycles. The average Bonchev–Trinajstić information content (AvgIpc) is 2.57. The Morgan fingerprint density at radius 1 is 1.19 bits per heavy atom. The Bertz CT molecular complexity index is 997. The van der Waals surface area contributed by atoms with Gasteiger partial charge in [-0.3, -0.25) is 19.2 Å². The molecule has 0 aliphatic carbocycles. The molecule has 1 amide bonds. The standard InChI is InChI=1S/C16H15Cl2N3O5S/c1-10(16(22)19-11-6-7-14(17)15(18)8-11)20(27(2,25)26)12-4-3-5-13(9-12)21(23)24/h3-10H,1-2H3,(H,19,22)/t10-/m0/s1. The molecule has 1 N–H and O–H groups in total. The summed E-state index contributed by atoms with van der Waals surface area (Å²) < 4.78 is 25.3. The lowest BCUT2D eigenvalue weighted by Crippen LogP contribution is -2.45. The van der Waals surface area contributed by atoms with E-state index >= 15 is 0 Å². The predicted molar refractivity (Wildman–Crippen MR) is 105 cm³/mol. The molecule has 2 rings (SSSR count). The Hall–Kier alpha value is -2.36. The van der Waals surface area contributed by atoms with E-state index in [1.165, 1.54) is 43.3 Å². The van der Waals surface area contributed by atoms with Crippen LogP contribution in [-0.2, 0) is 14.8 Å². The molecule has 0 saturated heterocycles. The maximum absolute atomic E-state index is 12.6. The minimum absolute atomic E-state index is 0.00323. The number of amides is 1. The number of halogens is 2. The van der Waals surface area contributed by atoms with E-state index in [0.717, 1.165) is 16.6 Å². The molecule has 0 aliphatic rings. The van der Waals surface area contributed by atoms with Gasteiger partial charge in [-0.2, -0.15) is 0 Å². The van der Waals surface area contributed by atoms with Crippen LogP contribution in [-0.4, -0.2) is 31.5 Å². The molecule has 27 heavy (non-hydrogen) atoms. The molecule has 0 heterocycles. The van der Waals surface area contributed by atoms with Crippen LogP contribution in [0, 0.1) is 10.1 Å². The summed E-state index contributed by atoms with van der Waals surface area (Å²) in [6.45, 7) is 1.37. The van der Waals surface area contributed by atoms with Gasteiger partial charge in [-0.25, -0.2) is 8.42 Å². The Kier molecular flexibility index (Phi) is 6.30. The summed E-state index contributed by atoms with van der Waals surface area (Å²) in [6, 6.07) is 8.26. The number of nitro benzene ring substituents is 1. The predicted octanol–water partition coefficient (Wildman–Crippen LogP) is 3.69. The topological polar surface area (TPSA) is 110 Å². The highest BCUT2D eigenvalue weighted by Crippen LogP contribution is 2.27. The van der Waals surface area contributed by atoms with Crippen molar-refractivity contribution < 1.29 is 18.1 Å². The smallest absolute Gasteiger partial charge is 0.271 e. The molecule has 144 valence electrons. The van der Waals surface area contributed by atoms with Gasteiger partial charge in [0.15, 0.2) is 0 Å². The molecule has 0 spiro atoms. The van der Waals surface area contributed by atoms with Crippen molar-refractivity contribution >= 4 is 56.2 Å². The van der Waals surface area contributed by atoms with Crippen LogP contribution in [0.2, 0.25) is 10.0 Å². The molecule has 11 heteroatoms. The molecule has 0 aliphatic heterocycles. The van der Waals surface area contributed by atoms with E-state index in [2.05, 4.69) is 5.32 Å². The Labute approximate surface area is 165 Å². The maximum atomic E-state index is 12.6. The van der Waals surface area contributed by atoms with Crippen LogP contribution in [0.1, 0.15) is 6.92 Å². The number of carbonyl (C=O) groups excluding carboxylic acids is 1. The van der Waals surface area contributed by atoms with E-state index in [9.17, 15) is 23.3 Å². The lowest BCUT2D eigenvalue weighted by atomic mass is 10.2. The first kappa shape index (κ1) is 20.9. The fraction of sp³-hybridized carbons (Fsp3) is 0.188. The summed E-state index contributed by atoms with van der Waals surface area (Å²) >= 11 is 11.7. The van der Waals surface area contributed by atoms with E-state index in [0.29, 0.717) is 10.7 Å². The number of rotatable bonds is 6.